The number of carbonyl (C=O) groups is 2. The Kier molecular flexibility index (Phi) is 6.29. The minimum atomic E-state index is -0.993. The summed E-state index contributed by atoms with van der Waals surface area (Å²) in [7, 11) is 0. The molecule has 19 heavy (non-hydrogen) atoms. The smallest absolute Gasteiger partial charge is 0.328 e. The average molecular weight is 281 g/mol. The first-order valence-corrected chi connectivity index (χ1v) is 7.21. The second-order valence-corrected chi connectivity index (χ2v) is 5.37. The molecule has 0 saturated heterocycles. The molecule has 4 nitrogen and oxygen atoms in total. The number of rotatable bonds is 7. The molecule has 0 aliphatic heterocycles. The number of hydrogen-bond acceptors (Lipinski definition) is 3. The van der Waals surface area contributed by atoms with Crippen molar-refractivity contribution in [3.05, 3.63) is 28.0 Å². The first-order chi connectivity index (χ1) is 9.02. The second-order valence-electron chi connectivity index (χ2n) is 4.43. The number of amides is 1. The van der Waals surface area contributed by atoms with E-state index in [9.17, 15) is 9.59 Å². The quantitative estimate of drug-likeness (QED) is 0.754. The summed E-state index contributed by atoms with van der Waals surface area (Å²) in [5.41, 5.74) is 0.582. The normalized spacial score (nSPS) is 12.5. The molecule has 0 spiro atoms. The zero-order valence-electron chi connectivity index (χ0n) is 11.2. The molecule has 0 fully saturated rings. The molecule has 0 bridgehead atoms. The fraction of sp³-hybridized carbons (Fsp3) is 0.429. The van der Waals surface area contributed by atoms with Crippen LogP contribution in [-0.2, 0) is 4.79 Å². The van der Waals surface area contributed by atoms with Crippen molar-refractivity contribution < 1.29 is 14.7 Å². The van der Waals surface area contributed by atoms with Crippen LogP contribution < -0.4 is 5.32 Å². The maximum atomic E-state index is 11.9. The lowest BCUT2D eigenvalue weighted by atomic mass is 10.1. The highest BCUT2D eigenvalue weighted by molar-refractivity contribution is 7.11. The van der Waals surface area contributed by atoms with Crippen LogP contribution in [0.3, 0.4) is 0 Å². The van der Waals surface area contributed by atoms with Crippen LogP contribution in [0.2, 0.25) is 0 Å². The van der Waals surface area contributed by atoms with Gasteiger partial charge in [-0.3, -0.25) is 4.79 Å². The largest absolute Gasteiger partial charge is 0.478 e. The predicted octanol–water partition coefficient (Wildman–Crippen LogP) is 3.15. The monoisotopic (exact) mass is 281 g/mol. The van der Waals surface area contributed by atoms with E-state index in [1.807, 2.05) is 6.92 Å². The molecule has 1 aromatic heterocycles. The summed E-state index contributed by atoms with van der Waals surface area (Å²) in [6.07, 6.45) is 5.74. The number of unbranched alkanes of at least 4 members (excludes halogenated alkanes) is 1. The van der Waals surface area contributed by atoms with E-state index in [2.05, 4.69) is 12.2 Å². The van der Waals surface area contributed by atoms with Crippen molar-refractivity contribution in [2.24, 2.45) is 0 Å². The van der Waals surface area contributed by atoms with Crippen LogP contribution >= 0.6 is 11.3 Å². The second kappa shape index (κ2) is 7.74. The number of hydrogen-bond donors (Lipinski definition) is 2. The van der Waals surface area contributed by atoms with E-state index in [0.29, 0.717) is 5.56 Å². The molecule has 1 rings (SSSR count). The summed E-state index contributed by atoms with van der Waals surface area (Å²) in [5, 5.41) is 13.2. The van der Waals surface area contributed by atoms with Gasteiger partial charge < -0.3 is 10.4 Å². The van der Waals surface area contributed by atoms with Gasteiger partial charge in [0.25, 0.3) is 5.91 Å². The number of carboxylic acids is 1. The van der Waals surface area contributed by atoms with E-state index in [-0.39, 0.29) is 11.9 Å². The van der Waals surface area contributed by atoms with Crippen molar-refractivity contribution >= 4 is 29.3 Å². The molecule has 104 valence electrons. The third-order valence-electron chi connectivity index (χ3n) is 2.64. The van der Waals surface area contributed by atoms with Crippen molar-refractivity contribution in [2.45, 2.75) is 39.2 Å². The predicted molar refractivity (Wildman–Crippen MR) is 77.4 cm³/mol. The maximum Gasteiger partial charge on any atom is 0.328 e. The Hall–Kier alpha value is -1.62. The van der Waals surface area contributed by atoms with Crippen molar-refractivity contribution in [2.75, 3.05) is 0 Å². The number of carbonyl (C=O) groups excluding carboxylic acids is 1. The number of nitrogens with one attached hydrogen (secondary N) is 1. The van der Waals surface area contributed by atoms with E-state index in [1.165, 1.54) is 17.4 Å². The van der Waals surface area contributed by atoms with Gasteiger partial charge in [-0.25, -0.2) is 4.79 Å². The fourth-order valence-electron chi connectivity index (χ4n) is 1.60. The van der Waals surface area contributed by atoms with Crippen LogP contribution in [0.5, 0.6) is 0 Å². The Morgan fingerprint density at radius 1 is 1.53 bits per heavy atom. The zero-order valence-corrected chi connectivity index (χ0v) is 12.0. The van der Waals surface area contributed by atoms with Gasteiger partial charge in [-0.05, 0) is 25.5 Å². The summed E-state index contributed by atoms with van der Waals surface area (Å²) >= 11 is 1.35. The summed E-state index contributed by atoms with van der Waals surface area (Å²) in [6, 6.07) is 1.86. The van der Waals surface area contributed by atoms with E-state index in [1.54, 1.807) is 11.4 Å². The molecule has 1 heterocycles. The average Bonchev–Trinajstić information content (AvgIpc) is 2.82. The Morgan fingerprint density at radius 2 is 2.26 bits per heavy atom. The standard InChI is InChI=1S/C14H19NO3S/c1-3-4-5-10(2)15-14(18)11-8-12(19-9-11)6-7-13(16)17/h6-10H,3-5H2,1-2H3,(H,15,18)(H,16,17). The van der Waals surface area contributed by atoms with Gasteiger partial charge in [0.05, 0.1) is 5.56 Å². The van der Waals surface area contributed by atoms with Crippen molar-refractivity contribution in [3.8, 4) is 0 Å². The third kappa shape index (κ3) is 5.70. The van der Waals surface area contributed by atoms with E-state index >= 15 is 0 Å². The van der Waals surface area contributed by atoms with Crippen LogP contribution in [0, 0.1) is 0 Å². The molecule has 0 aliphatic rings. The first kappa shape index (κ1) is 15.4. The fourth-order valence-corrected chi connectivity index (χ4v) is 2.38. The van der Waals surface area contributed by atoms with Gasteiger partial charge in [-0.1, -0.05) is 19.8 Å². The number of carboxylic acid groups (broad SMARTS) is 1. The lowest BCUT2D eigenvalue weighted by molar-refractivity contribution is -0.131. The van der Waals surface area contributed by atoms with Gasteiger partial charge in [-0.2, -0.15) is 0 Å². The van der Waals surface area contributed by atoms with E-state index in [0.717, 1.165) is 30.2 Å². The molecular formula is C14H19NO3S. The lowest BCUT2D eigenvalue weighted by Gasteiger charge is -2.12. The van der Waals surface area contributed by atoms with Crippen molar-refractivity contribution in [3.63, 3.8) is 0 Å². The SMILES string of the molecule is CCCCC(C)NC(=O)c1csc(C=CC(=O)O)c1. The van der Waals surface area contributed by atoms with Crippen LogP contribution in [0.25, 0.3) is 6.08 Å². The summed E-state index contributed by atoms with van der Waals surface area (Å²) in [5.74, 6) is -1.09. The Bertz CT molecular complexity index is 465. The minimum absolute atomic E-state index is 0.102. The van der Waals surface area contributed by atoms with Crippen LogP contribution in [0.4, 0.5) is 0 Å². The molecule has 0 aromatic carbocycles. The molecule has 0 radical (unpaired) electrons. The van der Waals surface area contributed by atoms with Gasteiger partial charge in [-0.15, -0.1) is 11.3 Å². The van der Waals surface area contributed by atoms with E-state index in [4.69, 9.17) is 5.11 Å². The molecule has 1 atom stereocenters. The molecule has 2 N–H and O–H groups in total. The molecule has 0 aliphatic carbocycles. The maximum absolute atomic E-state index is 11.9. The summed E-state index contributed by atoms with van der Waals surface area (Å²) in [6.45, 7) is 4.11. The Balaban J connectivity index is 2.56. The molecule has 1 amide bonds. The summed E-state index contributed by atoms with van der Waals surface area (Å²) in [4.78, 5) is 23.1. The zero-order chi connectivity index (χ0) is 14.3. The van der Waals surface area contributed by atoms with Crippen LogP contribution in [0.1, 0.15) is 48.3 Å². The molecule has 0 saturated carbocycles. The molecule has 5 heteroatoms. The van der Waals surface area contributed by atoms with Gasteiger partial charge in [0, 0.05) is 22.4 Å². The highest BCUT2D eigenvalue weighted by Gasteiger charge is 2.10. The third-order valence-corrected chi connectivity index (χ3v) is 3.54. The minimum Gasteiger partial charge on any atom is -0.478 e. The molecular weight excluding hydrogens is 262 g/mol. The van der Waals surface area contributed by atoms with Crippen LogP contribution in [-0.4, -0.2) is 23.0 Å². The Morgan fingerprint density at radius 3 is 2.89 bits per heavy atom. The topological polar surface area (TPSA) is 66.4 Å². The van der Waals surface area contributed by atoms with Crippen molar-refractivity contribution in [1.82, 2.24) is 5.32 Å². The van der Waals surface area contributed by atoms with Crippen molar-refractivity contribution in [1.29, 1.82) is 0 Å². The summed E-state index contributed by atoms with van der Waals surface area (Å²) < 4.78 is 0. The van der Waals surface area contributed by atoms with E-state index < -0.39 is 5.97 Å². The Labute approximate surface area is 117 Å². The first-order valence-electron chi connectivity index (χ1n) is 6.33. The van der Waals surface area contributed by atoms with Crippen LogP contribution in [0.15, 0.2) is 17.5 Å². The number of aliphatic carboxylic acids is 1. The van der Waals surface area contributed by atoms with Gasteiger partial charge in [0.1, 0.15) is 0 Å². The lowest BCUT2D eigenvalue weighted by Crippen LogP contribution is -2.32. The van der Waals surface area contributed by atoms with Gasteiger partial charge >= 0.3 is 5.97 Å². The van der Waals surface area contributed by atoms with Gasteiger partial charge in [0.2, 0.25) is 0 Å². The molecule has 1 unspecified atom stereocenters. The highest BCUT2D eigenvalue weighted by Crippen LogP contribution is 2.16. The van der Waals surface area contributed by atoms with Gasteiger partial charge in [0.15, 0.2) is 0 Å². The number of thiophene rings is 1. The highest BCUT2D eigenvalue weighted by atomic mass is 32.1. The molecule has 1 aromatic rings.